The summed E-state index contributed by atoms with van der Waals surface area (Å²) in [4.78, 5) is 21.4. The highest BCUT2D eigenvalue weighted by atomic mass is 16.5. The molecule has 0 aliphatic carbocycles. The van der Waals surface area contributed by atoms with Gasteiger partial charge in [-0.2, -0.15) is 0 Å². The summed E-state index contributed by atoms with van der Waals surface area (Å²) in [5, 5.41) is 20.9. The number of rotatable bonds is 5. The van der Waals surface area contributed by atoms with Gasteiger partial charge in [-0.25, -0.2) is 0 Å². The van der Waals surface area contributed by atoms with Crippen molar-refractivity contribution in [1.29, 1.82) is 0 Å². The molecule has 0 spiro atoms. The molecule has 1 aliphatic heterocycles. The van der Waals surface area contributed by atoms with Gasteiger partial charge in [0.2, 0.25) is 5.91 Å². The van der Waals surface area contributed by atoms with E-state index in [1.807, 2.05) is 0 Å². The van der Waals surface area contributed by atoms with Crippen LogP contribution in [0.2, 0.25) is 0 Å². The fourth-order valence-electron chi connectivity index (χ4n) is 1.50. The fraction of sp³-hybridized carbons (Fsp3) is 0.800. The second-order valence-electron chi connectivity index (χ2n) is 4.01. The first-order valence-electron chi connectivity index (χ1n) is 5.30. The molecule has 16 heavy (non-hydrogen) atoms. The average Bonchev–Trinajstić information content (AvgIpc) is 2.25. The third-order valence-corrected chi connectivity index (χ3v) is 2.60. The predicted molar refractivity (Wildman–Crippen MR) is 54.9 cm³/mol. The van der Waals surface area contributed by atoms with E-state index in [-0.39, 0.29) is 25.3 Å². The summed E-state index contributed by atoms with van der Waals surface area (Å²) in [6.07, 6.45) is 0.744. The Kier molecular flexibility index (Phi) is 4.70. The van der Waals surface area contributed by atoms with Gasteiger partial charge in [-0.1, -0.05) is 0 Å². The van der Waals surface area contributed by atoms with E-state index in [1.54, 1.807) is 0 Å². The molecular formula is C10H17NO5. The fourth-order valence-corrected chi connectivity index (χ4v) is 1.50. The van der Waals surface area contributed by atoms with Gasteiger partial charge in [-0.3, -0.25) is 9.59 Å². The summed E-state index contributed by atoms with van der Waals surface area (Å²) in [5.74, 6) is -1.35. The van der Waals surface area contributed by atoms with Gasteiger partial charge < -0.3 is 20.3 Å². The summed E-state index contributed by atoms with van der Waals surface area (Å²) in [6.45, 7) is 1.14. The first-order valence-corrected chi connectivity index (χ1v) is 5.30. The molecular weight excluding hydrogens is 214 g/mol. The van der Waals surface area contributed by atoms with Crippen LogP contribution in [0.25, 0.3) is 0 Å². The molecule has 0 radical (unpaired) electrons. The second kappa shape index (κ2) is 5.81. The number of nitrogens with one attached hydrogen (secondary N) is 1. The van der Waals surface area contributed by atoms with Gasteiger partial charge in [-0.05, 0) is 0 Å². The monoisotopic (exact) mass is 231 g/mol. The van der Waals surface area contributed by atoms with Crippen LogP contribution in [0.5, 0.6) is 0 Å². The molecule has 0 unspecified atom stereocenters. The summed E-state index contributed by atoms with van der Waals surface area (Å²) in [7, 11) is 0. The number of hydrogen-bond donors (Lipinski definition) is 3. The number of carbonyl (C=O) groups excluding carboxylic acids is 1. The molecule has 1 saturated heterocycles. The minimum atomic E-state index is -1.00. The molecule has 3 N–H and O–H groups in total. The Bertz CT molecular complexity index is 260. The maximum atomic E-state index is 11.2. The Morgan fingerprint density at radius 2 is 1.88 bits per heavy atom. The summed E-state index contributed by atoms with van der Waals surface area (Å²) in [6, 6.07) is 0. The molecule has 1 aliphatic rings. The van der Waals surface area contributed by atoms with Crippen LogP contribution in [-0.4, -0.2) is 47.4 Å². The van der Waals surface area contributed by atoms with Gasteiger partial charge in [0.1, 0.15) is 0 Å². The van der Waals surface area contributed by atoms with Crippen molar-refractivity contribution in [2.45, 2.75) is 31.3 Å². The molecule has 0 saturated carbocycles. The Morgan fingerprint density at radius 3 is 2.44 bits per heavy atom. The van der Waals surface area contributed by atoms with E-state index in [4.69, 9.17) is 9.84 Å². The van der Waals surface area contributed by atoms with Crippen molar-refractivity contribution in [2.24, 2.45) is 0 Å². The summed E-state index contributed by atoms with van der Waals surface area (Å²) in [5.41, 5.74) is -0.906. The van der Waals surface area contributed by atoms with Gasteiger partial charge >= 0.3 is 5.97 Å². The highest BCUT2D eigenvalue weighted by molar-refractivity contribution is 5.80. The van der Waals surface area contributed by atoms with E-state index in [2.05, 4.69) is 5.32 Å². The molecule has 0 aromatic rings. The lowest BCUT2D eigenvalue weighted by Crippen LogP contribution is -2.46. The molecule has 6 heteroatoms. The van der Waals surface area contributed by atoms with Crippen molar-refractivity contribution < 1.29 is 24.5 Å². The third kappa shape index (κ3) is 4.59. The SMILES string of the molecule is O=C(O)CCC(=O)NCC1(O)CCOCC1. The van der Waals surface area contributed by atoms with Crippen LogP contribution in [0.1, 0.15) is 25.7 Å². The standard InChI is InChI=1S/C10H17NO5/c12-8(1-2-9(13)14)11-7-10(15)3-5-16-6-4-10/h15H,1-7H2,(H,11,12)(H,13,14). The summed E-state index contributed by atoms with van der Waals surface area (Å²) < 4.78 is 5.10. The van der Waals surface area contributed by atoms with E-state index in [0.29, 0.717) is 26.1 Å². The zero-order valence-corrected chi connectivity index (χ0v) is 9.07. The Hall–Kier alpha value is -1.14. The molecule has 1 rings (SSSR count). The van der Waals surface area contributed by atoms with E-state index in [1.165, 1.54) is 0 Å². The lowest BCUT2D eigenvalue weighted by atomic mass is 9.94. The third-order valence-electron chi connectivity index (χ3n) is 2.60. The molecule has 0 bridgehead atoms. The van der Waals surface area contributed by atoms with Crippen molar-refractivity contribution in [1.82, 2.24) is 5.32 Å². The summed E-state index contributed by atoms with van der Waals surface area (Å²) >= 11 is 0. The van der Waals surface area contributed by atoms with Gasteiger partial charge in [-0.15, -0.1) is 0 Å². The normalized spacial score (nSPS) is 19.1. The number of ether oxygens (including phenoxy) is 1. The lowest BCUT2D eigenvalue weighted by Gasteiger charge is -2.32. The van der Waals surface area contributed by atoms with Crippen LogP contribution >= 0.6 is 0 Å². The van der Waals surface area contributed by atoms with E-state index >= 15 is 0 Å². The molecule has 1 heterocycles. The lowest BCUT2D eigenvalue weighted by molar-refractivity contribution is -0.139. The highest BCUT2D eigenvalue weighted by Crippen LogP contribution is 2.19. The van der Waals surface area contributed by atoms with E-state index < -0.39 is 11.6 Å². The number of amides is 1. The topological polar surface area (TPSA) is 95.9 Å². The number of hydrogen-bond acceptors (Lipinski definition) is 4. The van der Waals surface area contributed by atoms with Crippen molar-refractivity contribution >= 4 is 11.9 Å². The number of aliphatic carboxylic acids is 1. The zero-order valence-electron chi connectivity index (χ0n) is 9.07. The van der Waals surface area contributed by atoms with E-state index in [9.17, 15) is 14.7 Å². The van der Waals surface area contributed by atoms with Crippen LogP contribution in [0, 0.1) is 0 Å². The Morgan fingerprint density at radius 1 is 1.25 bits per heavy atom. The largest absolute Gasteiger partial charge is 0.481 e. The van der Waals surface area contributed by atoms with Gasteiger partial charge in [0, 0.05) is 39.0 Å². The molecule has 0 aromatic carbocycles. The highest BCUT2D eigenvalue weighted by Gasteiger charge is 2.29. The second-order valence-corrected chi connectivity index (χ2v) is 4.01. The minimum absolute atomic E-state index is 0.0537. The van der Waals surface area contributed by atoms with Crippen LogP contribution < -0.4 is 5.32 Å². The molecule has 6 nitrogen and oxygen atoms in total. The molecule has 0 aromatic heterocycles. The average molecular weight is 231 g/mol. The van der Waals surface area contributed by atoms with Gasteiger partial charge in [0.05, 0.1) is 12.0 Å². The molecule has 0 atom stereocenters. The van der Waals surface area contributed by atoms with Crippen LogP contribution in [0.4, 0.5) is 0 Å². The van der Waals surface area contributed by atoms with Crippen molar-refractivity contribution in [3.8, 4) is 0 Å². The Labute approximate surface area is 93.6 Å². The maximum absolute atomic E-state index is 11.2. The number of carboxylic acid groups (broad SMARTS) is 1. The predicted octanol–water partition coefficient (Wildman–Crippen LogP) is -0.491. The molecule has 1 fully saturated rings. The van der Waals surface area contributed by atoms with E-state index in [0.717, 1.165) is 0 Å². The van der Waals surface area contributed by atoms with Gasteiger partial charge in [0.25, 0.3) is 0 Å². The van der Waals surface area contributed by atoms with Gasteiger partial charge in [0.15, 0.2) is 0 Å². The number of carbonyl (C=O) groups is 2. The number of aliphatic hydroxyl groups is 1. The first kappa shape index (κ1) is 12.9. The van der Waals surface area contributed by atoms with Crippen LogP contribution in [0.15, 0.2) is 0 Å². The molecule has 1 amide bonds. The Balaban J connectivity index is 2.22. The van der Waals surface area contributed by atoms with Crippen LogP contribution in [-0.2, 0) is 14.3 Å². The van der Waals surface area contributed by atoms with Crippen molar-refractivity contribution in [2.75, 3.05) is 19.8 Å². The first-order chi connectivity index (χ1) is 7.52. The zero-order chi connectivity index (χ0) is 12.0. The van der Waals surface area contributed by atoms with Crippen molar-refractivity contribution in [3.63, 3.8) is 0 Å². The molecule has 92 valence electrons. The number of carboxylic acids is 1. The minimum Gasteiger partial charge on any atom is -0.481 e. The smallest absolute Gasteiger partial charge is 0.303 e. The quantitative estimate of drug-likeness (QED) is 0.593. The van der Waals surface area contributed by atoms with Crippen molar-refractivity contribution in [3.05, 3.63) is 0 Å². The maximum Gasteiger partial charge on any atom is 0.303 e. The van der Waals surface area contributed by atoms with Crippen LogP contribution in [0.3, 0.4) is 0 Å².